The quantitative estimate of drug-likeness (QED) is 0.570. The first-order chi connectivity index (χ1) is 14.0. The summed E-state index contributed by atoms with van der Waals surface area (Å²) >= 11 is 0. The van der Waals surface area contributed by atoms with Crippen LogP contribution in [0.4, 0.5) is 0 Å². The molecule has 2 aliphatic rings. The lowest BCUT2D eigenvalue weighted by atomic mass is 9.89. The Hall–Kier alpha value is -2.36. The summed E-state index contributed by atoms with van der Waals surface area (Å²) in [4.78, 5) is 0. The van der Waals surface area contributed by atoms with Gasteiger partial charge in [0.05, 0.1) is 13.7 Å². The highest BCUT2D eigenvalue weighted by Crippen LogP contribution is 2.42. The molecule has 5 atom stereocenters. The number of ether oxygens (including phenoxy) is 4. The van der Waals surface area contributed by atoms with Crippen LogP contribution in [0.2, 0.25) is 0 Å². The highest BCUT2D eigenvalue weighted by Gasteiger charge is 2.44. The number of methoxy groups -OCH3 is 1. The fraction of sp³-hybridized carbons (Fsp3) is 0.429. The molecular weight excluding hydrogens is 380 g/mol. The maximum Gasteiger partial charge on any atom is 0.231 e. The predicted octanol–water partition coefficient (Wildman–Crippen LogP) is 0.530. The van der Waals surface area contributed by atoms with E-state index in [9.17, 15) is 20.4 Å². The molecule has 4 rings (SSSR count). The zero-order chi connectivity index (χ0) is 20.5. The molecule has 0 aliphatic carbocycles. The molecular formula is C21H24O8. The van der Waals surface area contributed by atoms with E-state index < -0.39 is 37.1 Å². The molecule has 2 aromatic rings. The second-order valence-electron chi connectivity index (χ2n) is 7.19. The molecule has 2 aliphatic heterocycles. The SMILES string of the molecule is COc1ccc(Cc2cc([C@@H]3O[C@H](CO)C(O)[C@H](O)[C@@H]3O)cc3c2OCO3)cc1. The minimum atomic E-state index is -1.44. The molecule has 2 aromatic carbocycles. The Morgan fingerprint density at radius 3 is 2.45 bits per heavy atom. The first-order valence-electron chi connectivity index (χ1n) is 9.37. The van der Waals surface area contributed by atoms with Crippen LogP contribution in [0.3, 0.4) is 0 Å². The zero-order valence-corrected chi connectivity index (χ0v) is 15.9. The first-order valence-corrected chi connectivity index (χ1v) is 9.37. The van der Waals surface area contributed by atoms with E-state index in [0.717, 1.165) is 16.9 Å². The van der Waals surface area contributed by atoms with Gasteiger partial charge in [-0.3, -0.25) is 0 Å². The molecule has 0 radical (unpaired) electrons. The second kappa shape index (κ2) is 8.17. The van der Waals surface area contributed by atoms with E-state index in [1.54, 1.807) is 13.2 Å². The van der Waals surface area contributed by atoms with Crippen molar-refractivity contribution in [1.29, 1.82) is 0 Å². The first kappa shape index (κ1) is 19.9. The van der Waals surface area contributed by atoms with E-state index in [1.165, 1.54) is 0 Å². The van der Waals surface area contributed by atoms with Crippen molar-refractivity contribution in [3.05, 3.63) is 53.1 Å². The summed E-state index contributed by atoms with van der Waals surface area (Å²) in [6.07, 6.45) is -5.58. The van der Waals surface area contributed by atoms with E-state index in [2.05, 4.69) is 0 Å². The molecule has 8 nitrogen and oxygen atoms in total. The third-order valence-corrected chi connectivity index (χ3v) is 5.35. The highest BCUT2D eigenvalue weighted by atomic mass is 16.7. The minimum Gasteiger partial charge on any atom is -0.497 e. The average molecular weight is 404 g/mol. The van der Waals surface area contributed by atoms with Gasteiger partial charge in [-0.25, -0.2) is 0 Å². The van der Waals surface area contributed by atoms with E-state index in [0.29, 0.717) is 23.5 Å². The van der Waals surface area contributed by atoms with Gasteiger partial charge in [0, 0.05) is 12.0 Å². The normalized spacial score (nSPS) is 28.4. The van der Waals surface area contributed by atoms with Crippen LogP contribution in [0.1, 0.15) is 22.8 Å². The maximum atomic E-state index is 10.5. The third-order valence-electron chi connectivity index (χ3n) is 5.35. The molecule has 1 fully saturated rings. The van der Waals surface area contributed by atoms with Crippen LogP contribution < -0.4 is 14.2 Å². The van der Waals surface area contributed by atoms with Crippen molar-refractivity contribution >= 4 is 0 Å². The summed E-state index contributed by atoms with van der Waals surface area (Å²) in [7, 11) is 1.61. The van der Waals surface area contributed by atoms with Crippen molar-refractivity contribution in [3.8, 4) is 17.2 Å². The number of aliphatic hydroxyl groups excluding tert-OH is 4. The van der Waals surface area contributed by atoms with Gasteiger partial charge in [0.25, 0.3) is 0 Å². The maximum absolute atomic E-state index is 10.5. The van der Waals surface area contributed by atoms with Crippen LogP contribution in [-0.4, -0.2) is 65.4 Å². The Morgan fingerprint density at radius 1 is 1.00 bits per heavy atom. The average Bonchev–Trinajstić information content (AvgIpc) is 3.22. The van der Waals surface area contributed by atoms with Crippen molar-refractivity contribution in [1.82, 2.24) is 0 Å². The lowest BCUT2D eigenvalue weighted by Crippen LogP contribution is -2.55. The Morgan fingerprint density at radius 2 is 1.76 bits per heavy atom. The molecule has 1 unspecified atom stereocenters. The lowest BCUT2D eigenvalue weighted by molar-refractivity contribution is -0.231. The summed E-state index contributed by atoms with van der Waals surface area (Å²) in [5.74, 6) is 1.89. The fourth-order valence-corrected chi connectivity index (χ4v) is 3.74. The molecule has 0 aromatic heterocycles. The molecule has 4 N–H and O–H groups in total. The third kappa shape index (κ3) is 3.77. The molecule has 0 spiro atoms. The van der Waals surface area contributed by atoms with Crippen molar-refractivity contribution < 1.29 is 39.4 Å². The molecule has 0 saturated carbocycles. The Labute approximate surface area is 167 Å². The number of hydrogen-bond donors (Lipinski definition) is 4. The standard InChI is InChI=1S/C21H24O8/c1-26-14-4-2-11(3-5-14)6-12-7-13(8-15-20(12)28-10-27-15)21-19(25)18(24)17(23)16(9-22)29-21/h2-5,7-8,16-19,21-25H,6,9-10H2,1H3/t16-,17?,18+,19+,21+/m1/s1. The van der Waals surface area contributed by atoms with E-state index in [1.807, 2.05) is 30.3 Å². The van der Waals surface area contributed by atoms with Gasteiger partial charge in [-0.2, -0.15) is 0 Å². The second-order valence-corrected chi connectivity index (χ2v) is 7.19. The smallest absolute Gasteiger partial charge is 0.231 e. The number of aliphatic hydroxyl groups is 4. The van der Waals surface area contributed by atoms with Gasteiger partial charge in [0.15, 0.2) is 11.5 Å². The van der Waals surface area contributed by atoms with Crippen LogP contribution in [0.25, 0.3) is 0 Å². The Balaban J connectivity index is 1.67. The van der Waals surface area contributed by atoms with E-state index >= 15 is 0 Å². The Bertz CT molecular complexity index is 851. The van der Waals surface area contributed by atoms with Crippen molar-refractivity contribution in [2.24, 2.45) is 0 Å². The number of rotatable bonds is 5. The largest absolute Gasteiger partial charge is 0.497 e. The van der Waals surface area contributed by atoms with Gasteiger partial charge >= 0.3 is 0 Å². The van der Waals surface area contributed by atoms with Gasteiger partial charge in [-0.15, -0.1) is 0 Å². The van der Waals surface area contributed by atoms with Gasteiger partial charge in [0.1, 0.15) is 36.3 Å². The summed E-state index contributed by atoms with van der Waals surface area (Å²) in [5.41, 5.74) is 2.42. The summed E-state index contributed by atoms with van der Waals surface area (Å²) in [5, 5.41) is 40.0. The zero-order valence-electron chi connectivity index (χ0n) is 15.9. The van der Waals surface area contributed by atoms with Crippen LogP contribution in [0, 0.1) is 0 Å². The monoisotopic (exact) mass is 404 g/mol. The van der Waals surface area contributed by atoms with Crippen molar-refractivity contribution in [2.75, 3.05) is 20.5 Å². The van der Waals surface area contributed by atoms with Crippen LogP contribution in [-0.2, 0) is 11.2 Å². The molecule has 29 heavy (non-hydrogen) atoms. The highest BCUT2D eigenvalue weighted by molar-refractivity contribution is 5.53. The van der Waals surface area contributed by atoms with Gasteiger partial charge in [-0.1, -0.05) is 12.1 Å². The van der Waals surface area contributed by atoms with Crippen LogP contribution in [0.15, 0.2) is 36.4 Å². The van der Waals surface area contributed by atoms with Crippen molar-refractivity contribution in [3.63, 3.8) is 0 Å². The minimum absolute atomic E-state index is 0.0864. The molecule has 8 heteroatoms. The predicted molar refractivity (Wildman–Crippen MR) is 101 cm³/mol. The van der Waals surface area contributed by atoms with Gasteiger partial charge in [-0.05, 0) is 35.4 Å². The molecule has 156 valence electrons. The van der Waals surface area contributed by atoms with Crippen molar-refractivity contribution in [2.45, 2.75) is 36.9 Å². The van der Waals surface area contributed by atoms with E-state index in [4.69, 9.17) is 18.9 Å². The van der Waals surface area contributed by atoms with E-state index in [-0.39, 0.29) is 6.79 Å². The Kier molecular flexibility index (Phi) is 5.62. The number of fused-ring (bicyclic) bond motifs is 1. The number of benzene rings is 2. The lowest BCUT2D eigenvalue weighted by Gasteiger charge is -2.40. The van der Waals surface area contributed by atoms with Gasteiger partial charge < -0.3 is 39.4 Å². The molecule has 2 heterocycles. The molecule has 0 amide bonds. The fourth-order valence-electron chi connectivity index (χ4n) is 3.74. The molecule has 1 saturated heterocycles. The summed E-state index contributed by atoms with van der Waals surface area (Å²) < 4.78 is 22.0. The number of hydrogen-bond acceptors (Lipinski definition) is 8. The summed E-state index contributed by atoms with van der Waals surface area (Å²) in [6.45, 7) is -0.395. The molecule has 0 bridgehead atoms. The summed E-state index contributed by atoms with van der Waals surface area (Å²) in [6, 6.07) is 11.1. The van der Waals surface area contributed by atoms with Gasteiger partial charge in [0.2, 0.25) is 6.79 Å². The van der Waals surface area contributed by atoms with Crippen LogP contribution >= 0.6 is 0 Å². The topological polar surface area (TPSA) is 118 Å². The van der Waals surface area contributed by atoms with Crippen LogP contribution in [0.5, 0.6) is 17.2 Å².